The second-order valence-corrected chi connectivity index (χ2v) is 12.4. The number of aromatic nitrogens is 1. The highest BCUT2D eigenvalue weighted by Gasteiger charge is 2.38. The molecule has 3 aromatic rings. The number of amides is 2. The Morgan fingerprint density at radius 2 is 1.50 bits per heavy atom. The van der Waals surface area contributed by atoms with Gasteiger partial charge in [0.1, 0.15) is 0 Å². The lowest BCUT2D eigenvalue weighted by atomic mass is 9.85. The standard InChI is InChI=1S/C30H31F3N4O4S/c31-30(32,33)24-8-12-26(13-9-24)42(40,41)35-25-10-6-22(7-11-25)29(39)37-19-18-36(28(38)23-14-16-34-17-15-23)20-27(37)21-4-2-1-3-5-21/h1-5,8-9,12-17,22,25,27,35H,6-7,10-11,18-20H2/t22-,25-,27-/m1/s1. The fourth-order valence-corrected chi connectivity index (χ4v) is 6.98. The van der Waals surface area contributed by atoms with Crippen LogP contribution in [0.15, 0.2) is 84.0 Å². The molecule has 1 N–H and O–H groups in total. The van der Waals surface area contributed by atoms with Gasteiger partial charge in [-0.15, -0.1) is 0 Å². The third kappa shape index (κ3) is 6.65. The van der Waals surface area contributed by atoms with E-state index in [1.54, 1.807) is 29.4 Å². The molecule has 1 aliphatic carbocycles. The maximum Gasteiger partial charge on any atom is 0.416 e. The van der Waals surface area contributed by atoms with Gasteiger partial charge in [0.25, 0.3) is 5.91 Å². The maximum absolute atomic E-state index is 13.8. The molecular weight excluding hydrogens is 569 g/mol. The van der Waals surface area contributed by atoms with Crippen LogP contribution >= 0.6 is 0 Å². The lowest BCUT2D eigenvalue weighted by Crippen LogP contribution is -2.54. The van der Waals surface area contributed by atoms with Gasteiger partial charge in [0, 0.05) is 49.6 Å². The summed E-state index contributed by atoms with van der Waals surface area (Å²) in [6, 6.07) is 15.5. The quantitative estimate of drug-likeness (QED) is 0.444. The predicted molar refractivity (Wildman–Crippen MR) is 149 cm³/mol. The molecule has 12 heteroatoms. The van der Waals surface area contributed by atoms with E-state index in [1.807, 2.05) is 35.2 Å². The molecule has 1 aromatic heterocycles. The molecule has 2 fully saturated rings. The summed E-state index contributed by atoms with van der Waals surface area (Å²) in [5.41, 5.74) is 0.543. The number of sulfonamides is 1. The molecule has 5 rings (SSSR count). The second-order valence-electron chi connectivity index (χ2n) is 10.6. The SMILES string of the molecule is O=C(c1ccncc1)N1CCN(C(=O)[C@H]2CC[C@H](NS(=O)(=O)c3ccc(C(F)(F)F)cc3)CC2)[C@@H](c2ccccc2)C1. The largest absolute Gasteiger partial charge is 0.416 e. The predicted octanol–water partition coefficient (Wildman–Crippen LogP) is 4.66. The number of benzene rings is 2. The van der Waals surface area contributed by atoms with Crippen LogP contribution in [0.1, 0.15) is 53.2 Å². The zero-order valence-electron chi connectivity index (χ0n) is 22.7. The van der Waals surface area contributed by atoms with Gasteiger partial charge in [-0.1, -0.05) is 30.3 Å². The van der Waals surface area contributed by atoms with Crippen molar-refractivity contribution in [3.05, 3.63) is 95.8 Å². The van der Waals surface area contributed by atoms with Gasteiger partial charge in [0.2, 0.25) is 15.9 Å². The zero-order chi connectivity index (χ0) is 29.9. The van der Waals surface area contributed by atoms with E-state index in [9.17, 15) is 31.2 Å². The van der Waals surface area contributed by atoms with Gasteiger partial charge in [0.05, 0.1) is 16.5 Å². The van der Waals surface area contributed by atoms with Crippen LogP contribution in [-0.2, 0) is 21.0 Å². The number of hydrogen-bond donors (Lipinski definition) is 1. The molecule has 2 heterocycles. The van der Waals surface area contributed by atoms with Crippen LogP contribution in [0.2, 0.25) is 0 Å². The summed E-state index contributed by atoms with van der Waals surface area (Å²) in [5, 5.41) is 0. The maximum atomic E-state index is 13.8. The minimum Gasteiger partial charge on any atom is -0.334 e. The highest BCUT2D eigenvalue weighted by atomic mass is 32.2. The zero-order valence-corrected chi connectivity index (χ0v) is 23.5. The Bertz CT molecular complexity index is 1500. The highest BCUT2D eigenvalue weighted by Crippen LogP contribution is 2.33. The van der Waals surface area contributed by atoms with Crippen molar-refractivity contribution >= 4 is 21.8 Å². The average molecular weight is 601 g/mol. The van der Waals surface area contributed by atoms with E-state index >= 15 is 0 Å². The lowest BCUT2D eigenvalue weighted by molar-refractivity contribution is -0.141. The number of nitrogens with zero attached hydrogens (tertiary/aromatic N) is 3. The molecule has 42 heavy (non-hydrogen) atoms. The summed E-state index contributed by atoms with van der Waals surface area (Å²) in [7, 11) is -4.02. The molecule has 0 bridgehead atoms. The first-order valence-corrected chi connectivity index (χ1v) is 15.3. The van der Waals surface area contributed by atoms with Gasteiger partial charge in [-0.3, -0.25) is 14.6 Å². The molecular formula is C30H31F3N4O4S. The van der Waals surface area contributed by atoms with Gasteiger partial charge in [0.15, 0.2) is 0 Å². The van der Waals surface area contributed by atoms with E-state index in [0.717, 1.165) is 29.8 Å². The number of rotatable bonds is 6. The van der Waals surface area contributed by atoms with Crippen LogP contribution < -0.4 is 4.72 Å². The first-order chi connectivity index (χ1) is 20.0. The Labute approximate surface area is 242 Å². The van der Waals surface area contributed by atoms with Crippen LogP contribution in [0.25, 0.3) is 0 Å². The van der Waals surface area contributed by atoms with Crippen molar-refractivity contribution < 1.29 is 31.2 Å². The summed E-state index contributed by atoms with van der Waals surface area (Å²) in [6.07, 6.45) is 0.373. The van der Waals surface area contributed by atoms with E-state index in [0.29, 0.717) is 50.9 Å². The van der Waals surface area contributed by atoms with Gasteiger partial charge in [-0.25, -0.2) is 13.1 Å². The summed E-state index contributed by atoms with van der Waals surface area (Å²) >= 11 is 0. The van der Waals surface area contributed by atoms with Gasteiger partial charge in [-0.05, 0) is 67.6 Å². The van der Waals surface area contributed by atoms with Crippen molar-refractivity contribution in [2.45, 2.75) is 48.8 Å². The molecule has 0 unspecified atom stereocenters. The van der Waals surface area contributed by atoms with Crippen LogP contribution in [-0.4, -0.2) is 60.7 Å². The van der Waals surface area contributed by atoms with Gasteiger partial charge < -0.3 is 9.80 Å². The Morgan fingerprint density at radius 3 is 2.12 bits per heavy atom. The third-order valence-electron chi connectivity index (χ3n) is 7.95. The Hall–Kier alpha value is -3.77. The van der Waals surface area contributed by atoms with Crippen molar-refractivity contribution in [2.75, 3.05) is 19.6 Å². The van der Waals surface area contributed by atoms with Crippen molar-refractivity contribution in [3.8, 4) is 0 Å². The number of piperazine rings is 1. The molecule has 2 amide bonds. The molecule has 1 saturated carbocycles. The van der Waals surface area contributed by atoms with E-state index in [4.69, 9.17) is 0 Å². The smallest absolute Gasteiger partial charge is 0.334 e. The van der Waals surface area contributed by atoms with E-state index < -0.39 is 27.8 Å². The molecule has 2 aliphatic rings. The lowest BCUT2D eigenvalue weighted by Gasteiger charge is -2.43. The minimum absolute atomic E-state index is 0.0242. The second kappa shape index (κ2) is 12.2. The van der Waals surface area contributed by atoms with Crippen molar-refractivity contribution in [1.82, 2.24) is 19.5 Å². The molecule has 222 valence electrons. The third-order valence-corrected chi connectivity index (χ3v) is 9.49. The normalized spacial score (nSPS) is 21.6. The first-order valence-electron chi connectivity index (χ1n) is 13.8. The highest BCUT2D eigenvalue weighted by molar-refractivity contribution is 7.89. The Kier molecular flexibility index (Phi) is 8.65. The molecule has 0 radical (unpaired) electrons. The van der Waals surface area contributed by atoms with E-state index in [-0.39, 0.29) is 28.7 Å². The van der Waals surface area contributed by atoms with Crippen LogP contribution in [0, 0.1) is 5.92 Å². The van der Waals surface area contributed by atoms with Gasteiger partial charge in [-0.2, -0.15) is 13.2 Å². The number of nitrogens with one attached hydrogen (secondary N) is 1. The monoisotopic (exact) mass is 600 g/mol. The molecule has 0 spiro atoms. The van der Waals surface area contributed by atoms with Crippen molar-refractivity contribution in [1.29, 1.82) is 0 Å². The van der Waals surface area contributed by atoms with Crippen LogP contribution in [0.4, 0.5) is 13.2 Å². The molecule has 1 aliphatic heterocycles. The molecule has 8 nitrogen and oxygen atoms in total. The van der Waals surface area contributed by atoms with Crippen LogP contribution in [0.5, 0.6) is 0 Å². The van der Waals surface area contributed by atoms with E-state index in [2.05, 4.69) is 9.71 Å². The number of carbonyl (C=O) groups excluding carboxylic acids is 2. The molecule has 1 atom stereocenters. The van der Waals surface area contributed by atoms with Crippen molar-refractivity contribution in [3.63, 3.8) is 0 Å². The number of alkyl halides is 3. The number of pyridine rings is 1. The number of halogens is 3. The topological polar surface area (TPSA) is 99.7 Å². The number of carbonyl (C=O) groups is 2. The summed E-state index contributed by atoms with van der Waals surface area (Å²) < 4.78 is 66.8. The molecule has 1 saturated heterocycles. The van der Waals surface area contributed by atoms with Crippen LogP contribution in [0.3, 0.4) is 0 Å². The minimum atomic E-state index is -4.55. The van der Waals surface area contributed by atoms with Gasteiger partial charge >= 0.3 is 6.18 Å². The molecule has 2 aromatic carbocycles. The van der Waals surface area contributed by atoms with E-state index in [1.165, 1.54) is 0 Å². The Balaban J connectivity index is 1.23. The average Bonchev–Trinajstić information content (AvgIpc) is 3.01. The number of hydrogen-bond acceptors (Lipinski definition) is 5. The summed E-state index contributed by atoms with van der Waals surface area (Å²) in [4.78, 5) is 34.3. The fourth-order valence-electron chi connectivity index (χ4n) is 5.67. The first kappa shape index (κ1) is 29.7. The van der Waals surface area contributed by atoms with Crippen molar-refractivity contribution in [2.24, 2.45) is 5.92 Å². The fraction of sp³-hybridized carbons (Fsp3) is 0.367. The Morgan fingerprint density at radius 1 is 0.857 bits per heavy atom. The summed E-state index contributed by atoms with van der Waals surface area (Å²) in [6.45, 7) is 1.10. The summed E-state index contributed by atoms with van der Waals surface area (Å²) in [5.74, 6) is -0.444.